The van der Waals surface area contributed by atoms with Gasteiger partial charge in [0.1, 0.15) is 17.2 Å². The lowest BCUT2D eigenvalue weighted by molar-refractivity contribution is -0.120. The van der Waals surface area contributed by atoms with Crippen molar-refractivity contribution in [1.82, 2.24) is 5.32 Å². The van der Waals surface area contributed by atoms with Crippen LogP contribution in [-0.4, -0.2) is 28.0 Å². The van der Waals surface area contributed by atoms with E-state index < -0.39 is 15.9 Å². The van der Waals surface area contributed by atoms with Crippen LogP contribution in [0.2, 0.25) is 5.02 Å². The maximum absolute atomic E-state index is 13.6. The van der Waals surface area contributed by atoms with Crippen molar-refractivity contribution in [2.24, 2.45) is 0 Å². The van der Waals surface area contributed by atoms with Crippen molar-refractivity contribution in [3.8, 4) is 5.75 Å². The summed E-state index contributed by atoms with van der Waals surface area (Å²) < 4.78 is 33.7. The van der Waals surface area contributed by atoms with Gasteiger partial charge in [-0.2, -0.15) is 0 Å². The van der Waals surface area contributed by atoms with E-state index in [1.807, 2.05) is 19.1 Å². The predicted octanol–water partition coefficient (Wildman–Crippen LogP) is 4.73. The standard InChI is InChI=1S/C24H25ClN2O4S/c1-17-9-14-22(31-3)23(15-17)32(29,30)27(21-7-5-4-6-8-21)16-24(28)26-18(2)19-10-12-20(25)13-11-19/h4-15,18H,16H2,1-3H3,(H,26,28)/t18-/m1/s1. The highest BCUT2D eigenvalue weighted by Gasteiger charge is 2.30. The number of nitrogens with one attached hydrogen (secondary N) is 1. The Morgan fingerprint density at radius 1 is 1.06 bits per heavy atom. The van der Waals surface area contributed by atoms with Crippen molar-refractivity contribution in [2.75, 3.05) is 18.0 Å². The second kappa shape index (κ2) is 10.1. The summed E-state index contributed by atoms with van der Waals surface area (Å²) >= 11 is 5.93. The fraction of sp³-hybridized carbons (Fsp3) is 0.208. The van der Waals surface area contributed by atoms with E-state index in [0.29, 0.717) is 10.7 Å². The van der Waals surface area contributed by atoms with Crippen molar-refractivity contribution in [1.29, 1.82) is 0 Å². The molecule has 8 heteroatoms. The van der Waals surface area contributed by atoms with Crippen LogP contribution in [0.15, 0.2) is 77.7 Å². The van der Waals surface area contributed by atoms with Gasteiger partial charge in [0.25, 0.3) is 10.0 Å². The first-order valence-electron chi connectivity index (χ1n) is 9.99. The number of para-hydroxylation sites is 1. The number of carbonyl (C=O) groups excluding carboxylic acids is 1. The minimum atomic E-state index is -4.09. The highest BCUT2D eigenvalue weighted by atomic mass is 35.5. The summed E-state index contributed by atoms with van der Waals surface area (Å²) in [5.74, 6) is -0.224. The topological polar surface area (TPSA) is 75.7 Å². The first-order chi connectivity index (χ1) is 15.2. The van der Waals surface area contributed by atoms with Crippen molar-refractivity contribution >= 4 is 33.2 Å². The Morgan fingerprint density at radius 2 is 1.72 bits per heavy atom. The van der Waals surface area contributed by atoms with Crippen molar-refractivity contribution in [3.63, 3.8) is 0 Å². The zero-order valence-electron chi connectivity index (χ0n) is 18.1. The lowest BCUT2D eigenvalue weighted by Gasteiger charge is -2.26. The third-order valence-corrected chi connectivity index (χ3v) is 7.01. The van der Waals surface area contributed by atoms with Crippen LogP contribution < -0.4 is 14.4 Å². The number of benzene rings is 3. The molecule has 0 saturated heterocycles. The van der Waals surface area contributed by atoms with Gasteiger partial charge in [0.2, 0.25) is 5.91 Å². The first kappa shape index (κ1) is 23.6. The van der Waals surface area contributed by atoms with Gasteiger partial charge >= 0.3 is 0 Å². The summed E-state index contributed by atoms with van der Waals surface area (Å²) in [6.45, 7) is 3.24. The predicted molar refractivity (Wildman–Crippen MR) is 127 cm³/mol. The van der Waals surface area contributed by atoms with Gasteiger partial charge in [-0.05, 0) is 61.4 Å². The van der Waals surface area contributed by atoms with Crippen molar-refractivity contribution in [2.45, 2.75) is 24.8 Å². The van der Waals surface area contributed by atoms with Crippen LogP contribution in [-0.2, 0) is 14.8 Å². The molecule has 0 fully saturated rings. The number of anilines is 1. The Hall–Kier alpha value is -3.03. The van der Waals surface area contributed by atoms with Crippen molar-refractivity contribution in [3.05, 3.63) is 88.9 Å². The summed E-state index contributed by atoms with van der Waals surface area (Å²) in [5, 5.41) is 3.46. The van der Waals surface area contributed by atoms with Gasteiger partial charge in [-0.1, -0.05) is 48.0 Å². The van der Waals surface area contributed by atoms with E-state index in [9.17, 15) is 13.2 Å². The van der Waals surface area contributed by atoms with Gasteiger partial charge in [0.05, 0.1) is 18.8 Å². The van der Waals surface area contributed by atoms with E-state index in [1.165, 1.54) is 7.11 Å². The molecule has 3 aromatic carbocycles. The first-order valence-corrected chi connectivity index (χ1v) is 11.8. The van der Waals surface area contributed by atoms with E-state index in [4.69, 9.17) is 16.3 Å². The van der Waals surface area contributed by atoms with Gasteiger partial charge in [-0.25, -0.2) is 8.42 Å². The largest absolute Gasteiger partial charge is 0.495 e. The zero-order chi connectivity index (χ0) is 23.3. The number of methoxy groups -OCH3 is 1. The molecule has 0 unspecified atom stereocenters. The molecule has 32 heavy (non-hydrogen) atoms. The number of aryl methyl sites for hydroxylation is 1. The second-order valence-corrected chi connectivity index (χ2v) is 9.61. The van der Waals surface area contributed by atoms with E-state index >= 15 is 0 Å². The summed E-state index contributed by atoms with van der Waals surface area (Å²) in [5.41, 5.74) is 2.00. The van der Waals surface area contributed by atoms with E-state index in [0.717, 1.165) is 15.4 Å². The number of rotatable bonds is 8. The summed E-state index contributed by atoms with van der Waals surface area (Å²) in [7, 11) is -2.68. The number of ether oxygens (including phenoxy) is 1. The number of hydrogen-bond donors (Lipinski definition) is 1. The smallest absolute Gasteiger partial charge is 0.268 e. The van der Waals surface area contributed by atoms with Crippen molar-refractivity contribution < 1.29 is 17.9 Å². The van der Waals surface area contributed by atoms with E-state index in [1.54, 1.807) is 67.6 Å². The molecular weight excluding hydrogens is 448 g/mol. The molecule has 6 nitrogen and oxygen atoms in total. The molecule has 0 radical (unpaired) electrons. The molecule has 0 spiro atoms. The summed E-state index contributed by atoms with van der Waals surface area (Å²) in [4.78, 5) is 12.9. The number of sulfonamides is 1. The van der Waals surface area contributed by atoms with Crippen LogP contribution in [0.5, 0.6) is 5.75 Å². The molecule has 0 aliphatic heterocycles. The Morgan fingerprint density at radius 3 is 2.34 bits per heavy atom. The lowest BCUT2D eigenvalue weighted by Crippen LogP contribution is -2.41. The van der Waals surface area contributed by atoms with Crippen LogP contribution in [0.1, 0.15) is 24.1 Å². The minimum Gasteiger partial charge on any atom is -0.495 e. The van der Waals surface area contributed by atoms with Crippen LogP contribution in [0.4, 0.5) is 5.69 Å². The van der Waals surface area contributed by atoms with Gasteiger partial charge in [0, 0.05) is 5.02 Å². The zero-order valence-corrected chi connectivity index (χ0v) is 19.7. The molecule has 3 rings (SSSR count). The highest BCUT2D eigenvalue weighted by Crippen LogP contribution is 2.30. The molecule has 3 aromatic rings. The number of hydrogen-bond acceptors (Lipinski definition) is 4. The molecule has 1 atom stereocenters. The summed E-state index contributed by atoms with van der Waals surface area (Å²) in [6.07, 6.45) is 0. The quantitative estimate of drug-likeness (QED) is 0.514. The average Bonchev–Trinajstić information content (AvgIpc) is 2.78. The maximum Gasteiger partial charge on any atom is 0.268 e. The Labute approximate surface area is 193 Å². The number of carbonyl (C=O) groups is 1. The molecule has 0 aliphatic rings. The minimum absolute atomic E-state index is 0.00222. The molecular formula is C24H25ClN2O4S. The Kier molecular flexibility index (Phi) is 7.43. The third kappa shape index (κ3) is 5.41. The highest BCUT2D eigenvalue weighted by molar-refractivity contribution is 7.93. The molecule has 0 heterocycles. The number of halogens is 1. The Bertz CT molecular complexity index is 1180. The van der Waals surface area contributed by atoms with Gasteiger partial charge < -0.3 is 10.1 Å². The van der Waals surface area contributed by atoms with Crippen LogP contribution in [0, 0.1) is 6.92 Å². The lowest BCUT2D eigenvalue weighted by atomic mass is 10.1. The molecule has 1 amide bonds. The third-order valence-electron chi connectivity index (χ3n) is 4.97. The Balaban J connectivity index is 1.93. The molecule has 168 valence electrons. The fourth-order valence-corrected chi connectivity index (χ4v) is 5.06. The normalized spacial score (nSPS) is 12.1. The average molecular weight is 473 g/mol. The molecule has 1 N–H and O–H groups in total. The van der Waals surface area contributed by atoms with E-state index in [2.05, 4.69) is 5.32 Å². The second-order valence-electron chi connectivity index (χ2n) is 7.34. The number of nitrogens with zero attached hydrogens (tertiary/aromatic N) is 1. The van der Waals surface area contributed by atoms with E-state index in [-0.39, 0.29) is 23.2 Å². The molecule has 0 saturated carbocycles. The monoisotopic (exact) mass is 472 g/mol. The van der Waals surface area contributed by atoms with Gasteiger partial charge in [-0.3, -0.25) is 9.10 Å². The fourth-order valence-electron chi connectivity index (χ4n) is 3.27. The SMILES string of the molecule is COc1ccc(C)cc1S(=O)(=O)N(CC(=O)N[C@H](C)c1ccc(Cl)cc1)c1ccccc1. The van der Waals surface area contributed by atoms with Gasteiger partial charge in [0.15, 0.2) is 0 Å². The maximum atomic E-state index is 13.6. The molecule has 0 aliphatic carbocycles. The van der Waals surface area contributed by atoms with Gasteiger partial charge in [-0.15, -0.1) is 0 Å². The van der Waals surface area contributed by atoms with Crippen LogP contribution >= 0.6 is 11.6 Å². The number of amides is 1. The van der Waals surface area contributed by atoms with Crippen LogP contribution in [0.25, 0.3) is 0 Å². The molecule has 0 bridgehead atoms. The van der Waals surface area contributed by atoms with Crippen LogP contribution in [0.3, 0.4) is 0 Å². The summed E-state index contributed by atoms with van der Waals surface area (Å²) in [6, 6.07) is 20.2. The molecule has 0 aromatic heterocycles.